The first-order chi connectivity index (χ1) is 8.66. The summed E-state index contributed by atoms with van der Waals surface area (Å²) >= 11 is 0. The lowest BCUT2D eigenvalue weighted by Gasteiger charge is -2.22. The Morgan fingerprint density at radius 2 is 2.17 bits per heavy atom. The highest BCUT2D eigenvalue weighted by atomic mass is 16.8. The van der Waals surface area contributed by atoms with E-state index in [1.165, 1.54) is 5.56 Å². The fourth-order valence-corrected chi connectivity index (χ4v) is 1.86. The van der Waals surface area contributed by atoms with Crippen LogP contribution in [0.3, 0.4) is 0 Å². The van der Waals surface area contributed by atoms with Crippen molar-refractivity contribution < 1.29 is 14.4 Å². The van der Waals surface area contributed by atoms with Crippen LogP contribution in [0.5, 0.6) is 0 Å². The maximum Gasteiger partial charge on any atom is 0.274 e. The molecule has 1 aromatic rings. The first kappa shape index (κ1) is 13.1. The van der Waals surface area contributed by atoms with E-state index in [9.17, 15) is 4.79 Å². The van der Waals surface area contributed by atoms with E-state index in [0.29, 0.717) is 12.2 Å². The summed E-state index contributed by atoms with van der Waals surface area (Å²) in [6, 6.07) is 5.58. The van der Waals surface area contributed by atoms with Crippen LogP contribution in [0.25, 0.3) is 0 Å². The molecule has 18 heavy (non-hydrogen) atoms. The Labute approximate surface area is 107 Å². The molecule has 1 amide bonds. The number of hydrogen-bond acceptors (Lipinski definition) is 3. The van der Waals surface area contributed by atoms with Crippen molar-refractivity contribution in [3.05, 3.63) is 34.9 Å². The summed E-state index contributed by atoms with van der Waals surface area (Å²) in [7, 11) is 0. The predicted octanol–water partition coefficient (Wildman–Crippen LogP) is 2.49. The Hall–Kier alpha value is -1.39. The van der Waals surface area contributed by atoms with Crippen LogP contribution in [0, 0.1) is 13.8 Å². The molecule has 0 aliphatic carbocycles. The highest BCUT2D eigenvalue weighted by molar-refractivity contribution is 5.93. The van der Waals surface area contributed by atoms with E-state index < -0.39 is 0 Å². The molecule has 0 bridgehead atoms. The van der Waals surface area contributed by atoms with Gasteiger partial charge in [0.25, 0.3) is 5.91 Å². The zero-order valence-corrected chi connectivity index (χ0v) is 10.9. The van der Waals surface area contributed by atoms with Crippen molar-refractivity contribution in [2.45, 2.75) is 39.4 Å². The monoisotopic (exact) mass is 249 g/mol. The van der Waals surface area contributed by atoms with Crippen molar-refractivity contribution in [2.24, 2.45) is 0 Å². The summed E-state index contributed by atoms with van der Waals surface area (Å²) < 4.78 is 5.37. The van der Waals surface area contributed by atoms with Crippen molar-refractivity contribution in [3.63, 3.8) is 0 Å². The Morgan fingerprint density at radius 3 is 2.83 bits per heavy atom. The van der Waals surface area contributed by atoms with E-state index in [0.717, 1.165) is 24.8 Å². The normalized spacial score (nSPS) is 19.6. The first-order valence-electron chi connectivity index (χ1n) is 6.31. The van der Waals surface area contributed by atoms with Crippen molar-refractivity contribution in [2.75, 3.05) is 6.61 Å². The van der Waals surface area contributed by atoms with Crippen LogP contribution < -0.4 is 5.48 Å². The van der Waals surface area contributed by atoms with Gasteiger partial charge in [0.2, 0.25) is 0 Å². The van der Waals surface area contributed by atoms with E-state index >= 15 is 0 Å². The summed E-state index contributed by atoms with van der Waals surface area (Å²) in [6.07, 6.45) is 2.65. The van der Waals surface area contributed by atoms with Gasteiger partial charge in [0, 0.05) is 18.6 Å². The molecule has 1 atom stereocenters. The molecule has 4 nitrogen and oxygen atoms in total. The van der Waals surface area contributed by atoms with Crippen molar-refractivity contribution in [3.8, 4) is 0 Å². The standard InChI is InChI=1S/C14H19NO3/c1-10-6-7-12(9-11(10)2)14(16)15-18-13-5-3-4-8-17-13/h6-7,9,13H,3-5,8H2,1-2H3,(H,15,16). The summed E-state index contributed by atoms with van der Waals surface area (Å²) in [5.74, 6) is -0.229. The van der Waals surface area contributed by atoms with Gasteiger partial charge in [0.1, 0.15) is 0 Å². The number of carbonyl (C=O) groups is 1. The molecule has 2 rings (SSSR count). The second kappa shape index (κ2) is 5.98. The average molecular weight is 249 g/mol. The maximum atomic E-state index is 11.9. The zero-order valence-electron chi connectivity index (χ0n) is 10.9. The summed E-state index contributed by atoms with van der Waals surface area (Å²) in [6.45, 7) is 4.70. The molecule has 1 N–H and O–H groups in total. The molecule has 0 radical (unpaired) electrons. The fraction of sp³-hybridized carbons (Fsp3) is 0.500. The highest BCUT2D eigenvalue weighted by Crippen LogP contribution is 2.13. The summed E-state index contributed by atoms with van der Waals surface area (Å²) in [5.41, 5.74) is 5.32. The molecule has 1 heterocycles. The number of ether oxygens (including phenoxy) is 1. The number of aryl methyl sites for hydroxylation is 2. The third-order valence-corrected chi connectivity index (χ3v) is 3.19. The number of rotatable bonds is 3. The minimum Gasteiger partial charge on any atom is -0.350 e. The van der Waals surface area contributed by atoms with Crippen LogP contribution in [-0.2, 0) is 9.57 Å². The average Bonchev–Trinajstić information content (AvgIpc) is 2.40. The van der Waals surface area contributed by atoms with Crippen LogP contribution in [-0.4, -0.2) is 18.8 Å². The second-order valence-corrected chi connectivity index (χ2v) is 4.64. The third-order valence-electron chi connectivity index (χ3n) is 3.19. The number of hydrogen-bond donors (Lipinski definition) is 1. The Bertz CT molecular complexity index is 425. The van der Waals surface area contributed by atoms with Crippen molar-refractivity contribution in [1.29, 1.82) is 0 Å². The first-order valence-corrected chi connectivity index (χ1v) is 6.31. The highest BCUT2D eigenvalue weighted by Gasteiger charge is 2.16. The zero-order chi connectivity index (χ0) is 13.0. The van der Waals surface area contributed by atoms with E-state index in [4.69, 9.17) is 9.57 Å². The molecule has 0 spiro atoms. The van der Waals surface area contributed by atoms with Gasteiger partial charge in [0.15, 0.2) is 6.29 Å². The van der Waals surface area contributed by atoms with E-state index in [1.54, 1.807) is 6.07 Å². The molecule has 1 aromatic carbocycles. The van der Waals surface area contributed by atoms with Crippen LogP contribution in [0.1, 0.15) is 40.7 Å². The van der Waals surface area contributed by atoms with Crippen LogP contribution in [0.2, 0.25) is 0 Å². The lowest BCUT2D eigenvalue weighted by atomic mass is 10.1. The quantitative estimate of drug-likeness (QED) is 0.837. The third kappa shape index (κ3) is 3.31. The number of nitrogens with one attached hydrogen (secondary N) is 1. The number of amides is 1. The van der Waals surface area contributed by atoms with Gasteiger partial charge in [-0.15, -0.1) is 0 Å². The smallest absolute Gasteiger partial charge is 0.274 e. The van der Waals surface area contributed by atoms with Crippen molar-refractivity contribution >= 4 is 5.91 Å². The molecule has 1 fully saturated rings. The Balaban J connectivity index is 1.88. The van der Waals surface area contributed by atoms with Gasteiger partial charge < -0.3 is 4.74 Å². The van der Waals surface area contributed by atoms with E-state index in [-0.39, 0.29) is 12.2 Å². The number of benzene rings is 1. The molecule has 0 saturated carbocycles. The summed E-state index contributed by atoms with van der Waals surface area (Å²) in [4.78, 5) is 17.1. The van der Waals surface area contributed by atoms with Gasteiger partial charge in [-0.1, -0.05) is 6.07 Å². The molecule has 98 valence electrons. The van der Waals surface area contributed by atoms with Gasteiger partial charge in [-0.3, -0.25) is 4.79 Å². The largest absolute Gasteiger partial charge is 0.350 e. The van der Waals surface area contributed by atoms with Gasteiger partial charge in [0.05, 0.1) is 0 Å². The summed E-state index contributed by atoms with van der Waals surface area (Å²) in [5, 5.41) is 0. The van der Waals surface area contributed by atoms with Gasteiger partial charge in [-0.25, -0.2) is 10.3 Å². The van der Waals surface area contributed by atoms with Gasteiger partial charge in [-0.05, 0) is 49.9 Å². The lowest BCUT2D eigenvalue weighted by Crippen LogP contribution is -2.33. The van der Waals surface area contributed by atoms with Crippen LogP contribution in [0.4, 0.5) is 0 Å². The molecule has 1 aliphatic rings. The number of hydroxylamine groups is 1. The van der Waals surface area contributed by atoms with Gasteiger partial charge in [-0.2, -0.15) is 0 Å². The molecule has 1 aliphatic heterocycles. The second-order valence-electron chi connectivity index (χ2n) is 4.64. The van der Waals surface area contributed by atoms with Gasteiger partial charge >= 0.3 is 0 Å². The Kier molecular flexibility index (Phi) is 4.33. The molecule has 1 unspecified atom stereocenters. The van der Waals surface area contributed by atoms with Crippen molar-refractivity contribution in [1.82, 2.24) is 5.48 Å². The number of carbonyl (C=O) groups excluding carboxylic acids is 1. The van der Waals surface area contributed by atoms with Crippen LogP contribution >= 0.6 is 0 Å². The molecular formula is C14H19NO3. The van der Waals surface area contributed by atoms with E-state index in [2.05, 4.69) is 5.48 Å². The maximum absolute atomic E-state index is 11.9. The minimum atomic E-state index is -0.311. The fourth-order valence-electron chi connectivity index (χ4n) is 1.86. The predicted molar refractivity (Wildman–Crippen MR) is 68.1 cm³/mol. The molecule has 0 aromatic heterocycles. The molecular weight excluding hydrogens is 230 g/mol. The topological polar surface area (TPSA) is 47.6 Å². The minimum absolute atomic E-state index is 0.229. The van der Waals surface area contributed by atoms with E-state index in [1.807, 2.05) is 26.0 Å². The molecule has 1 saturated heterocycles. The molecule has 4 heteroatoms. The Morgan fingerprint density at radius 1 is 1.33 bits per heavy atom. The SMILES string of the molecule is Cc1ccc(C(=O)NOC2CCCCO2)cc1C. The van der Waals surface area contributed by atoms with Crippen LogP contribution in [0.15, 0.2) is 18.2 Å². The lowest BCUT2D eigenvalue weighted by molar-refractivity contribution is -0.186.